The standard InChI is InChI=1S/C28H31Cl3FN3O2S/c29-18-11-12-25(21(31)13-18)38(37)16-26-34-23-15-22(32)20(30)14-24(23)35(26)27(17-7-3-1-4-8-17)28(36)33-19-9-5-2-6-10-19/h11-15,17,19,27H,1-10,16H2,(H,33,36). The van der Waals surface area contributed by atoms with Gasteiger partial charge in [0.1, 0.15) is 11.9 Å². The number of carbonyl (C=O) groups excluding carboxylic acids is 1. The Kier molecular flexibility index (Phi) is 9.10. The normalized spacial score (nSPS) is 19.0. The molecule has 10 heteroatoms. The average molecular weight is 599 g/mol. The van der Waals surface area contributed by atoms with E-state index in [2.05, 4.69) is 5.32 Å². The van der Waals surface area contributed by atoms with Crippen LogP contribution < -0.4 is 5.32 Å². The minimum absolute atomic E-state index is 0.00913. The van der Waals surface area contributed by atoms with Crippen LogP contribution in [-0.2, 0) is 21.7 Å². The molecule has 0 aliphatic heterocycles. The lowest BCUT2D eigenvalue weighted by Crippen LogP contribution is -2.44. The Morgan fingerprint density at radius 1 is 1.03 bits per heavy atom. The minimum Gasteiger partial charge on any atom is -0.611 e. The number of carbonyl (C=O) groups is 1. The first-order chi connectivity index (χ1) is 18.3. The van der Waals surface area contributed by atoms with Gasteiger partial charge in [-0.1, -0.05) is 73.3 Å². The van der Waals surface area contributed by atoms with Gasteiger partial charge in [0.2, 0.25) is 5.91 Å². The summed E-state index contributed by atoms with van der Waals surface area (Å²) in [7, 11) is 0. The highest BCUT2D eigenvalue weighted by Gasteiger charge is 2.36. The van der Waals surface area contributed by atoms with Crippen LogP contribution in [0.2, 0.25) is 15.1 Å². The van der Waals surface area contributed by atoms with E-state index in [1.54, 1.807) is 18.2 Å². The lowest BCUT2D eigenvalue weighted by atomic mass is 9.83. The van der Waals surface area contributed by atoms with Crippen molar-refractivity contribution in [2.24, 2.45) is 5.92 Å². The van der Waals surface area contributed by atoms with Crippen molar-refractivity contribution in [1.82, 2.24) is 14.9 Å². The molecule has 0 saturated heterocycles. The molecule has 0 radical (unpaired) electrons. The number of hydrogen-bond acceptors (Lipinski definition) is 3. The van der Waals surface area contributed by atoms with E-state index >= 15 is 0 Å². The molecule has 2 fully saturated rings. The molecule has 204 valence electrons. The van der Waals surface area contributed by atoms with Crippen molar-refractivity contribution < 1.29 is 13.7 Å². The zero-order valence-corrected chi connectivity index (χ0v) is 24.1. The van der Waals surface area contributed by atoms with Gasteiger partial charge in [0.25, 0.3) is 0 Å². The van der Waals surface area contributed by atoms with Gasteiger partial charge in [-0.3, -0.25) is 4.79 Å². The van der Waals surface area contributed by atoms with Gasteiger partial charge in [0, 0.05) is 17.1 Å². The quantitative estimate of drug-likeness (QED) is 0.280. The lowest BCUT2D eigenvalue weighted by Gasteiger charge is -2.33. The first-order valence-electron chi connectivity index (χ1n) is 13.3. The zero-order valence-electron chi connectivity index (χ0n) is 21.0. The third kappa shape index (κ3) is 6.12. The Morgan fingerprint density at radius 3 is 2.39 bits per heavy atom. The van der Waals surface area contributed by atoms with Gasteiger partial charge >= 0.3 is 0 Å². The van der Waals surface area contributed by atoms with Crippen molar-refractivity contribution in [2.75, 3.05) is 0 Å². The summed E-state index contributed by atoms with van der Waals surface area (Å²) >= 11 is 17.0. The molecule has 1 N–H and O–H groups in total. The first-order valence-corrected chi connectivity index (χ1v) is 15.8. The molecule has 5 nitrogen and oxygen atoms in total. The summed E-state index contributed by atoms with van der Waals surface area (Å²) in [6.45, 7) is 0. The number of benzene rings is 2. The fourth-order valence-electron chi connectivity index (χ4n) is 5.93. The molecule has 1 aromatic heterocycles. The van der Waals surface area contributed by atoms with Gasteiger partial charge in [-0.25, -0.2) is 9.37 Å². The zero-order chi connectivity index (χ0) is 26.8. The van der Waals surface area contributed by atoms with E-state index in [-0.39, 0.29) is 28.6 Å². The molecule has 2 saturated carbocycles. The second-order valence-corrected chi connectivity index (χ2v) is 13.1. The van der Waals surface area contributed by atoms with Crippen LogP contribution in [0.4, 0.5) is 4.39 Å². The third-order valence-corrected chi connectivity index (χ3v) is 10.1. The van der Waals surface area contributed by atoms with Crippen molar-refractivity contribution in [1.29, 1.82) is 0 Å². The van der Waals surface area contributed by atoms with Crippen LogP contribution in [0, 0.1) is 11.7 Å². The molecule has 2 aliphatic carbocycles. The van der Waals surface area contributed by atoms with Gasteiger partial charge in [-0.2, -0.15) is 0 Å². The Morgan fingerprint density at radius 2 is 1.71 bits per heavy atom. The first kappa shape index (κ1) is 28.0. The molecular weight excluding hydrogens is 568 g/mol. The fourth-order valence-corrected chi connectivity index (χ4v) is 7.85. The van der Waals surface area contributed by atoms with E-state index in [0.717, 1.165) is 57.8 Å². The number of nitrogens with one attached hydrogen (secondary N) is 1. The Balaban J connectivity index is 1.58. The number of imidazole rings is 1. The van der Waals surface area contributed by atoms with Crippen LogP contribution in [0.25, 0.3) is 11.0 Å². The van der Waals surface area contributed by atoms with Crippen molar-refractivity contribution in [3.63, 3.8) is 0 Å². The van der Waals surface area contributed by atoms with E-state index in [1.165, 1.54) is 18.6 Å². The second-order valence-electron chi connectivity index (χ2n) is 10.4. The summed E-state index contributed by atoms with van der Waals surface area (Å²) in [5, 5.41) is 4.02. The predicted molar refractivity (Wildman–Crippen MR) is 152 cm³/mol. The second kappa shape index (κ2) is 12.3. The van der Waals surface area contributed by atoms with Crippen LogP contribution >= 0.6 is 34.8 Å². The maximum absolute atomic E-state index is 14.5. The smallest absolute Gasteiger partial charge is 0.243 e. The molecule has 5 rings (SSSR count). The van der Waals surface area contributed by atoms with Crippen LogP contribution in [0.1, 0.15) is 76.1 Å². The molecule has 38 heavy (non-hydrogen) atoms. The molecule has 0 bridgehead atoms. The third-order valence-electron chi connectivity index (χ3n) is 7.80. The van der Waals surface area contributed by atoms with Gasteiger partial charge in [0.15, 0.2) is 16.5 Å². The summed E-state index contributed by atoms with van der Waals surface area (Å²) < 4.78 is 29.9. The van der Waals surface area contributed by atoms with Crippen LogP contribution in [0.15, 0.2) is 35.2 Å². The van der Waals surface area contributed by atoms with Crippen molar-refractivity contribution in [3.05, 3.63) is 57.0 Å². The summed E-state index contributed by atoms with van der Waals surface area (Å²) in [5.74, 6) is -0.103. The highest BCUT2D eigenvalue weighted by Crippen LogP contribution is 2.38. The van der Waals surface area contributed by atoms with Crippen LogP contribution in [-0.4, -0.2) is 26.1 Å². The number of amides is 1. The number of halogens is 4. The Labute approximate surface area is 240 Å². The van der Waals surface area contributed by atoms with Crippen LogP contribution in [0.5, 0.6) is 0 Å². The highest BCUT2D eigenvalue weighted by atomic mass is 35.5. The molecule has 2 aliphatic rings. The number of hydrogen-bond donors (Lipinski definition) is 1. The lowest BCUT2D eigenvalue weighted by molar-refractivity contribution is -0.127. The molecule has 1 amide bonds. The Hall–Kier alpha value is -1.51. The van der Waals surface area contributed by atoms with E-state index in [0.29, 0.717) is 31.8 Å². The van der Waals surface area contributed by atoms with Gasteiger partial charge in [0.05, 0.1) is 21.1 Å². The largest absolute Gasteiger partial charge is 0.611 e. The van der Waals surface area contributed by atoms with Gasteiger partial charge in [-0.15, -0.1) is 0 Å². The van der Waals surface area contributed by atoms with Crippen molar-refractivity contribution >= 4 is 62.9 Å². The molecule has 2 aromatic carbocycles. The van der Waals surface area contributed by atoms with E-state index in [4.69, 9.17) is 39.8 Å². The summed E-state index contributed by atoms with van der Waals surface area (Å²) in [6.07, 6.45) is 10.4. The number of nitrogens with zero attached hydrogens (tertiary/aromatic N) is 2. The summed E-state index contributed by atoms with van der Waals surface area (Å²) in [5.41, 5.74) is 0.951. The topological polar surface area (TPSA) is 70.0 Å². The van der Waals surface area contributed by atoms with E-state index in [1.807, 2.05) is 4.57 Å². The van der Waals surface area contributed by atoms with Crippen LogP contribution in [0.3, 0.4) is 0 Å². The molecule has 2 unspecified atom stereocenters. The van der Waals surface area contributed by atoms with E-state index in [9.17, 15) is 13.7 Å². The number of fused-ring (bicyclic) bond motifs is 1. The number of rotatable bonds is 7. The predicted octanol–water partition coefficient (Wildman–Crippen LogP) is 8.01. The summed E-state index contributed by atoms with van der Waals surface area (Å²) in [4.78, 5) is 19.2. The molecule has 0 spiro atoms. The molecule has 3 aromatic rings. The fraction of sp³-hybridized carbons (Fsp3) is 0.500. The summed E-state index contributed by atoms with van der Waals surface area (Å²) in [6, 6.07) is 7.23. The van der Waals surface area contributed by atoms with Gasteiger partial charge in [-0.05, 0) is 67.0 Å². The molecular formula is C28H31Cl3FN3O2S. The van der Waals surface area contributed by atoms with Crippen molar-refractivity contribution in [2.45, 2.75) is 86.9 Å². The average Bonchev–Trinajstić information content (AvgIpc) is 3.21. The van der Waals surface area contributed by atoms with E-state index < -0.39 is 23.0 Å². The minimum atomic E-state index is -1.58. The molecule has 1 heterocycles. The van der Waals surface area contributed by atoms with Gasteiger partial charge < -0.3 is 14.4 Å². The van der Waals surface area contributed by atoms with Crippen molar-refractivity contribution in [3.8, 4) is 0 Å². The number of aromatic nitrogens is 2. The maximum atomic E-state index is 14.5. The highest BCUT2D eigenvalue weighted by molar-refractivity contribution is 7.90. The monoisotopic (exact) mass is 597 g/mol. The SMILES string of the molecule is O=C(NC1CCCCC1)C(C1CCCCC1)n1c(C[S+]([O-])c2ccc(Cl)cc2Cl)nc2cc(F)c(Cl)cc21. The molecule has 2 atom stereocenters. The Bertz CT molecular complexity index is 1310. The maximum Gasteiger partial charge on any atom is 0.243 e.